The predicted octanol–water partition coefficient (Wildman–Crippen LogP) is 2.95. The summed E-state index contributed by atoms with van der Waals surface area (Å²) in [5, 5.41) is 2.54. The highest BCUT2D eigenvalue weighted by atomic mass is 19.1. The number of nitrogens with one attached hydrogen (secondary N) is 1. The molecule has 1 heterocycles. The average Bonchev–Trinajstić information content (AvgIpc) is 2.47. The van der Waals surface area contributed by atoms with Gasteiger partial charge in [-0.3, -0.25) is 9.59 Å². The summed E-state index contributed by atoms with van der Waals surface area (Å²) in [6.07, 6.45) is 0. The fourth-order valence-electron chi connectivity index (χ4n) is 2.19. The lowest BCUT2D eigenvalue weighted by molar-refractivity contribution is 0.0938. The Balaban J connectivity index is 2.61. The number of halogens is 2. The van der Waals surface area contributed by atoms with Crippen LogP contribution in [-0.2, 0) is 0 Å². The number of hydrogen-bond donors (Lipinski definition) is 2. The van der Waals surface area contributed by atoms with Crippen LogP contribution in [0, 0.1) is 11.6 Å². The van der Waals surface area contributed by atoms with E-state index in [9.17, 15) is 18.4 Å². The zero-order valence-corrected chi connectivity index (χ0v) is 13.5. The van der Waals surface area contributed by atoms with Crippen molar-refractivity contribution in [2.75, 3.05) is 5.73 Å². The van der Waals surface area contributed by atoms with E-state index in [1.54, 1.807) is 13.8 Å². The number of rotatable bonds is 4. The quantitative estimate of drug-likeness (QED) is 0.843. The van der Waals surface area contributed by atoms with E-state index in [0.29, 0.717) is 0 Å². The molecule has 0 aliphatic rings. The van der Waals surface area contributed by atoms with E-state index in [1.807, 2.05) is 0 Å². The van der Waals surface area contributed by atoms with Crippen LogP contribution in [0.3, 0.4) is 0 Å². The van der Waals surface area contributed by atoms with Crippen LogP contribution in [0.5, 0.6) is 0 Å². The largest absolute Gasteiger partial charge is 0.397 e. The zero-order valence-electron chi connectivity index (χ0n) is 13.5. The number of pyridine rings is 1. The molecular formula is C17H17F2N3O2. The lowest BCUT2D eigenvalue weighted by Crippen LogP contribution is -2.31. The number of Topliss-reactive ketones (excluding diaryl/α,β-unsaturated/α-hetero) is 1. The van der Waals surface area contributed by atoms with E-state index < -0.39 is 28.9 Å². The Morgan fingerprint density at radius 1 is 1.17 bits per heavy atom. The Labute approximate surface area is 137 Å². The van der Waals surface area contributed by atoms with Crippen molar-refractivity contribution >= 4 is 17.4 Å². The van der Waals surface area contributed by atoms with Gasteiger partial charge in [-0.15, -0.1) is 0 Å². The molecule has 5 nitrogen and oxygen atoms in total. The third-order valence-corrected chi connectivity index (χ3v) is 3.27. The highest BCUT2D eigenvalue weighted by molar-refractivity contribution is 5.98. The second-order valence-corrected chi connectivity index (χ2v) is 5.60. The molecule has 2 aromatic rings. The molecule has 1 aromatic heterocycles. The van der Waals surface area contributed by atoms with Gasteiger partial charge in [-0.1, -0.05) is 0 Å². The molecule has 1 amide bonds. The van der Waals surface area contributed by atoms with Crippen LogP contribution >= 0.6 is 0 Å². The standard InChI is InChI=1S/C17H17F2N3O2/c1-8(2)21-17(24)10-4-5-11(18)14(15(10)19)13-7-6-12(20)16(22-13)9(3)23/h4-8H,20H2,1-3H3,(H,21,24). The second-order valence-electron chi connectivity index (χ2n) is 5.60. The third kappa shape index (κ3) is 3.40. The number of amides is 1. The van der Waals surface area contributed by atoms with Gasteiger partial charge in [0.05, 0.1) is 22.5 Å². The molecule has 0 unspecified atom stereocenters. The number of carbonyl (C=O) groups excluding carboxylic acids is 2. The number of benzene rings is 1. The molecule has 0 spiro atoms. The van der Waals surface area contributed by atoms with E-state index in [0.717, 1.165) is 12.1 Å². The van der Waals surface area contributed by atoms with Crippen LogP contribution in [0.15, 0.2) is 24.3 Å². The number of ketones is 1. The molecule has 2 rings (SSSR count). The van der Waals surface area contributed by atoms with E-state index in [4.69, 9.17) is 5.73 Å². The molecule has 0 aliphatic heterocycles. The molecule has 0 saturated carbocycles. The van der Waals surface area contributed by atoms with Crippen molar-refractivity contribution in [1.82, 2.24) is 10.3 Å². The maximum atomic E-state index is 14.7. The van der Waals surface area contributed by atoms with Crippen molar-refractivity contribution in [2.45, 2.75) is 26.8 Å². The Bertz CT molecular complexity index is 820. The molecule has 3 N–H and O–H groups in total. The number of carbonyl (C=O) groups is 2. The summed E-state index contributed by atoms with van der Waals surface area (Å²) in [6, 6.07) is 4.49. The summed E-state index contributed by atoms with van der Waals surface area (Å²) < 4.78 is 28.8. The molecule has 0 bridgehead atoms. The van der Waals surface area contributed by atoms with Gasteiger partial charge in [-0.25, -0.2) is 13.8 Å². The summed E-state index contributed by atoms with van der Waals surface area (Å²) in [5.41, 5.74) is 4.79. The second kappa shape index (κ2) is 6.74. The number of nitrogen functional groups attached to an aromatic ring is 1. The van der Waals surface area contributed by atoms with Crippen molar-refractivity contribution in [3.05, 3.63) is 47.2 Å². The first-order valence-electron chi connectivity index (χ1n) is 7.29. The SMILES string of the molecule is CC(=O)c1nc(-c2c(F)ccc(C(=O)NC(C)C)c2F)ccc1N. The summed E-state index contributed by atoms with van der Waals surface area (Å²) in [6.45, 7) is 4.70. The first-order valence-corrected chi connectivity index (χ1v) is 7.29. The number of aromatic nitrogens is 1. The maximum absolute atomic E-state index is 14.7. The molecule has 0 atom stereocenters. The minimum Gasteiger partial charge on any atom is -0.397 e. The molecule has 0 radical (unpaired) electrons. The van der Waals surface area contributed by atoms with Crippen LogP contribution in [0.2, 0.25) is 0 Å². The van der Waals surface area contributed by atoms with Gasteiger partial charge in [0.25, 0.3) is 5.91 Å². The van der Waals surface area contributed by atoms with E-state index >= 15 is 0 Å². The van der Waals surface area contributed by atoms with Crippen molar-refractivity contribution in [2.24, 2.45) is 0 Å². The van der Waals surface area contributed by atoms with E-state index in [-0.39, 0.29) is 28.7 Å². The molecule has 7 heteroatoms. The average molecular weight is 333 g/mol. The van der Waals surface area contributed by atoms with Crippen molar-refractivity contribution in [3.8, 4) is 11.3 Å². The molecule has 126 valence electrons. The molecule has 0 fully saturated rings. The van der Waals surface area contributed by atoms with Gasteiger partial charge >= 0.3 is 0 Å². The van der Waals surface area contributed by atoms with Gasteiger partial charge in [0, 0.05) is 13.0 Å². The summed E-state index contributed by atoms with van der Waals surface area (Å²) in [4.78, 5) is 27.5. The van der Waals surface area contributed by atoms with Crippen molar-refractivity contribution in [3.63, 3.8) is 0 Å². The lowest BCUT2D eigenvalue weighted by atomic mass is 10.0. The minimum atomic E-state index is -1.04. The van der Waals surface area contributed by atoms with Gasteiger partial charge < -0.3 is 11.1 Å². The molecule has 0 aliphatic carbocycles. The monoisotopic (exact) mass is 333 g/mol. The van der Waals surface area contributed by atoms with Crippen LogP contribution in [-0.4, -0.2) is 22.7 Å². The van der Waals surface area contributed by atoms with Crippen LogP contribution in [0.1, 0.15) is 41.6 Å². The number of nitrogens with two attached hydrogens (primary N) is 1. The normalized spacial score (nSPS) is 10.8. The van der Waals surface area contributed by atoms with Gasteiger partial charge in [-0.05, 0) is 38.1 Å². The highest BCUT2D eigenvalue weighted by Crippen LogP contribution is 2.28. The van der Waals surface area contributed by atoms with Crippen molar-refractivity contribution in [1.29, 1.82) is 0 Å². The predicted molar refractivity (Wildman–Crippen MR) is 86.6 cm³/mol. The van der Waals surface area contributed by atoms with Crippen LogP contribution < -0.4 is 11.1 Å². The maximum Gasteiger partial charge on any atom is 0.254 e. The Morgan fingerprint density at radius 3 is 2.42 bits per heavy atom. The Morgan fingerprint density at radius 2 is 1.83 bits per heavy atom. The zero-order chi connectivity index (χ0) is 18.0. The fourth-order valence-corrected chi connectivity index (χ4v) is 2.19. The van der Waals surface area contributed by atoms with Gasteiger partial charge in [0.15, 0.2) is 5.78 Å². The first kappa shape index (κ1) is 17.5. The topological polar surface area (TPSA) is 85.1 Å². The third-order valence-electron chi connectivity index (χ3n) is 3.27. The first-order chi connectivity index (χ1) is 11.2. The molecule has 24 heavy (non-hydrogen) atoms. The van der Waals surface area contributed by atoms with Gasteiger partial charge in [0.1, 0.15) is 17.3 Å². The molecule has 1 aromatic carbocycles. The lowest BCUT2D eigenvalue weighted by Gasteiger charge is -2.12. The number of anilines is 1. The summed E-state index contributed by atoms with van der Waals surface area (Å²) in [5.74, 6) is -3.02. The summed E-state index contributed by atoms with van der Waals surface area (Å²) in [7, 11) is 0. The highest BCUT2D eigenvalue weighted by Gasteiger charge is 2.22. The van der Waals surface area contributed by atoms with E-state index in [2.05, 4.69) is 10.3 Å². The van der Waals surface area contributed by atoms with Crippen LogP contribution in [0.4, 0.5) is 14.5 Å². The van der Waals surface area contributed by atoms with Gasteiger partial charge in [-0.2, -0.15) is 0 Å². The van der Waals surface area contributed by atoms with Gasteiger partial charge in [0.2, 0.25) is 0 Å². The molecule has 0 saturated heterocycles. The molecular weight excluding hydrogens is 316 g/mol. The fraction of sp³-hybridized carbons (Fsp3) is 0.235. The number of nitrogens with zero attached hydrogens (tertiary/aromatic N) is 1. The van der Waals surface area contributed by atoms with Crippen molar-refractivity contribution < 1.29 is 18.4 Å². The van der Waals surface area contributed by atoms with E-state index in [1.165, 1.54) is 19.1 Å². The number of hydrogen-bond acceptors (Lipinski definition) is 4. The smallest absolute Gasteiger partial charge is 0.254 e. The van der Waals surface area contributed by atoms with Crippen LogP contribution in [0.25, 0.3) is 11.3 Å². The minimum absolute atomic E-state index is 0.0802. The Hall–Kier alpha value is -2.83. The Kier molecular flexibility index (Phi) is 4.92. The summed E-state index contributed by atoms with van der Waals surface area (Å²) >= 11 is 0.